The second-order valence-corrected chi connectivity index (χ2v) is 5.43. The van der Waals surface area contributed by atoms with Crippen LogP contribution in [-0.2, 0) is 0 Å². The van der Waals surface area contributed by atoms with Crippen molar-refractivity contribution in [3.8, 4) is 0 Å². The predicted molar refractivity (Wildman–Crippen MR) is 51.3 cm³/mol. The molecule has 1 saturated carbocycles. The van der Waals surface area contributed by atoms with Gasteiger partial charge in [-0.15, -0.1) is 0 Å². The largest absolute Gasteiger partial charge is 0.393 e. The minimum Gasteiger partial charge on any atom is -0.393 e. The van der Waals surface area contributed by atoms with Crippen LogP contribution in [0.5, 0.6) is 0 Å². The minimum absolute atomic E-state index is 0.0997. The Morgan fingerprint density at radius 3 is 2.77 bits per heavy atom. The number of aliphatic hydroxyl groups excluding tert-OH is 1. The molecule has 2 rings (SSSR count). The first kappa shape index (κ1) is 9.22. The molecule has 0 aromatic heterocycles. The van der Waals surface area contributed by atoms with Crippen molar-refractivity contribution in [2.24, 2.45) is 5.41 Å². The van der Waals surface area contributed by atoms with Gasteiger partial charge in [0.2, 0.25) is 0 Å². The Kier molecular flexibility index (Phi) is 1.83. The summed E-state index contributed by atoms with van der Waals surface area (Å²) in [5, 5.41) is 19.8. The molecule has 2 heteroatoms. The molecule has 0 aromatic carbocycles. The smallest absolute Gasteiger partial charge is 0.0717 e. The van der Waals surface area contributed by atoms with Crippen molar-refractivity contribution in [2.75, 3.05) is 0 Å². The minimum atomic E-state index is -0.634. The average molecular weight is 182 g/mol. The summed E-state index contributed by atoms with van der Waals surface area (Å²) in [6, 6.07) is 0. The van der Waals surface area contributed by atoms with Crippen molar-refractivity contribution >= 4 is 0 Å². The van der Waals surface area contributed by atoms with Gasteiger partial charge in [0.25, 0.3) is 0 Å². The van der Waals surface area contributed by atoms with Crippen LogP contribution in [0.15, 0.2) is 11.6 Å². The van der Waals surface area contributed by atoms with Crippen molar-refractivity contribution in [1.29, 1.82) is 0 Å². The van der Waals surface area contributed by atoms with Crippen LogP contribution in [-0.4, -0.2) is 21.9 Å². The maximum absolute atomic E-state index is 10.2. The first-order chi connectivity index (χ1) is 5.89. The molecule has 2 aliphatic carbocycles. The average Bonchev–Trinajstić information content (AvgIpc) is 1.75. The Balaban J connectivity index is 2.31. The van der Waals surface area contributed by atoms with Crippen LogP contribution in [0.2, 0.25) is 0 Å². The SMILES string of the molecule is CC1(C)C=C2CC(O)CC(O)(C2)C1. The summed E-state index contributed by atoms with van der Waals surface area (Å²) >= 11 is 0. The van der Waals surface area contributed by atoms with E-state index in [-0.39, 0.29) is 11.5 Å². The lowest BCUT2D eigenvalue weighted by Crippen LogP contribution is -2.44. The van der Waals surface area contributed by atoms with Crippen molar-refractivity contribution in [3.63, 3.8) is 0 Å². The third-order valence-corrected chi connectivity index (χ3v) is 3.05. The van der Waals surface area contributed by atoms with Crippen LogP contribution in [0.25, 0.3) is 0 Å². The van der Waals surface area contributed by atoms with Gasteiger partial charge >= 0.3 is 0 Å². The molecule has 0 radical (unpaired) electrons. The highest BCUT2D eigenvalue weighted by Gasteiger charge is 2.43. The molecule has 74 valence electrons. The maximum Gasteiger partial charge on any atom is 0.0717 e. The first-order valence-electron chi connectivity index (χ1n) is 5.00. The lowest BCUT2D eigenvalue weighted by Gasteiger charge is -2.45. The summed E-state index contributed by atoms with van der Waals surface area (Å²) in [6.45, 7) is 4.30. The fraction of sp³-hybridized carbons (Fsp3) is 0.818. The van der Waals surface area contributed by atoms with E-state index in [4.69, 9.17) is 0 Å². The standard InChI is InChI=1S/C11H18O2/c1-10(2)4-8-3-9(12)6-11(13,5-8)7-10/h4,9,12-13H,3,5-7H2,1-2H3. The molecule has 2 bridgehead atoms. The molecular formula is C11H18O2. The van der Waals surface area contributed by atoms with Crippen molar-refractivity contribution < 1.29 is 10.2 Å². The fourth-order valence-electron chi connectivity index (χ4n) is 3.08. The molecular weight excluding hydrogens is 164 g/mol. The molecule has 0 amide bonds. The number of allylic oxidation sites excluding steroid dienone is 1. The number of hydrogen-bond donors (Lipinski definition) is 2. The van der Waals surface area contributed by atoms with E-state index in [1.54, 1.807) is 0 Å². The second kappa shape index (κ2) is 2.58. The molecule has 0 heterocycles. The topological polar surface area (TPSA) is 40.5 Å². The second-order valence-electron chi connectivity index (χ2n) is 5.43. The normalized spacial score (nSPS) is 42.8. The van der Waals surface area contributed by atoms with Crippen molar-refractivity contribution in [1.82, 2.24) is 0 Å². The fourth-order valence-corrected chi connectivity index (χ4v) is 3.08. The number of hydrogen-bond acceptors (Lipinski definition) is 2. The molecule has 2 unspecified atom stereocenters. The van der Waals surface area contributed by atoms with E-state index in [0.29, 0.717) is 6.42 Å². The molecule has 0 aliphatic heterocycles. The molecule has 2 aliphatic rings. The number of fused-ring (bicyclic) bond motifs is 2. The van der Waals surface area contributed by atoms with Crippen molar-refractivity contribution in [2.45, 2.75) is 51.2 Å². The highest BCUT2D eigenvalue weighted by molar-refractivity contribution is 5.21. The number of rotatable bonds is 0. The highest BCUT2D eigenvalue weighted by Crippen LogP contribution is 2.46. The third-order valence-electron chi connectivity index (χ3n) is 3.05. The monoisotopic (exact) mass is 182 g/mol. The number of aliphatic hydroxyl groups is 2. The van der Waals surface area contributed by atoms with Crippen molar-refractivity contribution in [3.05, 3.63) is 11.6 Å². The van der Waals surface area contributed by atoms with Crippen LogP contribution >= 0.6 is 0 Å². The Morgan fingerprint density at radius 1 is 1.46 bits per heavy atom. The van der Waals surface area contributed by atoms with Gasteiger partial charge in [-0.05, 0) is 24.7 Å². The third kappa shape index (κ3) is 1.79. The van der Waals surface area contributed by atoms with Gasteiger partial charge in [0, 0.05) is 6.42 Å². The first-order valence-corrected chi connectivity index (χ1v) is 5.00. The maximum atomic E-state index is 10.2. The lowest BCUT2D eigenvalue weighted by molar-refractivity contribution is -0.0573. The van der Waals surface area contributed by atoms with Crippen LogP contribution in [0.4, 0.5) is 0 Å². The van der Waals surface area contributed by atoms with Gasteiger partial charge in [0.1, 0.15) is 0 Å². The highest BCUT2D eigenvalue weighted by atomic mass is 16.3. The summed E-state index contributed by atoms with van der Waals surface area (Å²) in [5.74, 6) is 0. The van der Waals surface area contributed by atoms with Gasteiger partial charge in [-0.3, -0.25) is 0 Å². The zero-order valence-corrected chi connectivity index (χ0v) is 8.38. The van der Waals surface area contributed by atoms with E-state index >= 15 is 0 Å². The predicted octanol–water partition coefficient (Wildman–Crippen LogP) is 1.62. The van der Waals surface area contributed by atoms with Gasteiger partial charge < -0.3 is 10.2 Å². The molecule has 0 aromatic rings. The Labute approximate surface area is 79.3 Å². The summed E-state index contributed by atoms with van der Waals surface area (Å²) < 4.78 is 0. The van der Waals surface area contributed by atoms with E-state index in [0.717, 1.165) is 19.3 Å². The van der Waals surface area contributed by atoms with Gasteiger partial charge in [0.05, 0.1) is 11.7 Å². The van der Waals surface area contributed by atoms with Gasteiger partial charge in [-0.25, -0.2) is 0 Å². The quantitative estimate of drug-likeness (QED) is 0.559. The zero-order valence-electron chi connectivity index (χ0n) is 8.38. The van der Waals surface area contributed by atoms with Crippen LogP contribution in [0.3, 0.4) is 0 Å². The molecule has 2 N–H and O–H groups in total. The zero-order chi connectivity index (χ0) is 9.69. The molecule has 0 saturated heterocycles. The van der Waals surface area contributed by atoms with Crippen LogP contribution in [0.1, 0.15) is 39.5 Å². The molecule has 13 heavy (non-hydrogen) atoms. The van der Waals surface area contributed by atoms with Crippen LogP contribution in [0, 0.1) is 5.41 Å². The summed E-state index contributed by atoms with van der Waals surface area (Å²) in [6.07, 6.45) is 4.75. The Hall–Kier alpha value is -0.340. The van der Waals surface area contributed by atoms with Gasteiger partial charge in [-0.1, -0.05) is 25.5 Å². The van der Waals surface area contributed by atoms with E-state index in [2.05, 4.69) is 19.9 Å². The summed E-state index contributed by atoms with van der Waals surface area (Å²) in [5.41, 5.74) is 0.700. The molecule has 0 spiro atoms. The van der Waals surface area contributed by atoms with Gasteiger partial charge in [0.15, 0.2) is 0 Å². The van der Waals surface area contributed by atoms with E-state index in [1.807, 2.05) is 0 Å². The Morgan fingerprint density at radius 2 is 2.15 bits per heavy atom. The van der Waals surface area contributed by atoms with E-state index in [9.17, 15) is 10.2 Å². The lowest BCUT2D eigenvalue weighted by atomic mass is 9.65. The van der Waals surface area contributed by atoms with Gasteiger partial charge in [-0.2, -0.15) is 0 Å². The Bertz CT molecular complexity index is 255. The molecule has 2 atom stereocenters. The summed E-state index contributed by atoms with van der Waals surface area (Å²) in [4.78, 5) is 0. The molecule has 2 nitrogen and oxygen atoms in total. The van der Waals surface area contributed by atoms with Crippen LogP contribution < -0.4 is 0 Å². The summed E-state index contributed by atoms with van der Waals surface area (Å²) in [7, 11) is 0. The van der Waals surface area contributed by atoms with E-state index in [1.165, 1.54) is 5.57 Å². The van der Waals surface area contributed by atoms with E-state index < -0.39 is 5.60 Å². The molecule has 1 fully saturated rings.